The van der Waals surface area contributed by atoms with E-state index in [9.17, 15) is 4.79 Å². The van der Waals surface area contributed by atoms with E-state index in [4.69, 9.17) is 24.7 Å². The maximum atomic E-state index is 11.9. The van der Waals surface area contributed by atoms with Gasteiger partial charge in [0.25, 0.3) is 5.56 Å². The maximum Gasteiger partial charge on any atom is 0.263 e. The number of nitrogens with two attached hydrogens (primary N) is 1. The predicted molar refractivity (Wildman–Crippen MR) is 79.9 cm³/mol. The van der Waals surface area contributed by atoms with E-state index < -0.39 is 12.3 Å². The first-order valence-electron chi connectivity index (χ1n) is 7.03. The monoisotopic (exact) mass is 325 g/mol. The third-order valence-corrected chi connectivity index (χ3v) is 3.88. The Morgan fingerprint density at radius 2 is 2.09 bits per heavy atom. The molecule has 0 amide bonds. The molecule has 2 aromatic heterocycles. The Balaban J connectivity index is 2.05. The molecule has 0 aliphatic carbocycles. The van der Waals surface area contributed by atoms with E-state index in [1.165, 1.54) is 10.9 Å². The zero-order chi connectivity index (χ0) is 16.6. The van der Waals surface area contributed by atoms with Crippen LogP contribution in [0.2, 0.25) is 0 Å². The molecule has 10 heteroatoms. The third kappa shape index (κ3) is 2.59. The van der Waals surface area contributed by atoms with Crippen LogP contribution in [0.4, 0.5) is 5.95 Å². The van der Waals surface area contributed by atoms with Gasteiger partial charge < -0.3 is 24.7 Å². The van der Waals surface area contributed by atoms with Crippen LogP contribution in [0.3, 0.4) is 0 Å². The lowest BCUT2D eigenvalue weighted by Crippen LogP contribution is -2.37. The summed E-state index contributed by atoms with van der Waals surface area (Å²) < 4.78 is 23.6. The van der Waals surface area contributed by atoms with Crippen LogP contribution in [0, 0.1) is 0 Å². The predicted octanol–water partition coefficient (Wildman–Crippen LogP) is -0.724. The fraction of sp³-hybridized carbons (Fsp3) is 0.615. The van der Waals surface area contributed by atoms with Crippen molar-refractivity contribution in [3.63, 3.8) is 0 Å². The molecule has 0 aromatic carbocycles. The molecule has 0 radical (unpaired) electrons. The summed E-state index contributed by atoms with van der Waals surface area (Å²) in [7, 11) is 4.71. The maximum absolute atomic E-state index is 11.9. The van der Waals surface area contributed by atoms with Crippen molar-refractivity contribution in [3.05, 3.63) is 16.6 Å². The minimum atomic E-state index is -0.615. The van der Waals surface area contributed by atoms with Crippen LogP contribution in [-0.2, 0) is 18.9 Å². The van der Waals surface area contributed by atoms with E-state index in [-0.39, 0.29) is 23.7 Å². The summed E-state index contributed by atoms with van der Waals surface area (Å²) in [4.78, 5) is 18.5. The van der Waals surface area contributed by atoms with Crippen molar-refractivity contribution in [1.29, 1.82) is 0 Å². The fourth-order valence-electron chi connectivity index (χ4n) is 2.88. The number of fused-ring (bicyclic) bond motifs is 1. The molecule has 1 aliphatic rings. The van der Waals surface area contributed by atoms with Crippen LogP contribution >= 0.6 is 0 Å². The molecule has 3 heterocycles. The average molecular weight is 325 g/mol. The van der Waals surface area contributed by atoms with Gasteiger partial charge in [0, 0.05) is 21.3 Å². The number of methoxy groups -OCH3 is 3. The SMILES string of the molecule is COC[C@H]1O[C@@H](n2ncc3c(=O)[nH]c(N)nc32)C(OC)C1OC. The van der Waals surface area contributed by atoms with Crippen LogP contribution < -0.4 is 11.3 Å². The van der Waals surface area contributed by atoms with Crippen LogP contribution in [0.5, 0.6) is 0 Å². The number of rotatable bonds is 5. The van der Waals surface area contributed by atoms with E-state index in [1.54, 1.807) is 21.3 Å². The third-order valence-electron chi connectivity index (χ3n) is 3.88. The molecule has 1 fully saturated rings. The minimum Gasteiger partial charge on any atom is -0.382 e. The summed E-state index contributed by atoms with van der Waals surface area (Å²) in [5.74, 6) is 0.00736. The molecule has 3 rings (SSSR count). The molecule has 0 spiro atoms. The Bertz CT molecular complexity index is 744. The van der Waals surface area contributed by atoms with Crippen LogP contribution in [0.1, 0.15) is 6.23 Å². The number of aromatic nitrogens is 4. The lowest BCUT2D eigenvalue weighted by atomic mass is 10.1. The van der Waals surface area contributed by atoms with Gasteiger partial charge in [0.1, 0.15) is 23.7 Å². The molecule has 1 aliphatic heterocycles. The van der Waals surface area contributed by atoms with E-state index in [0.29, 0.717) is 17.6 Å². The Morgan fingerprint density at radius 1 is 1.35 bits per heavy atom. The summed E-state index contributed by atoms with van der Waals surface area (Å²) in [5.41, 5.74) is 5.59. The molecule has 4 atom stereocenters. The number of H-pyrrole nitrogens is 1. The van der Waals surface area contributed by atoms with Crippen molar-refractivity contribution in [2.24, 2.45) is 0 Å². The minimum absolute atomic E-state index is 0.00736. The Kier molecular flexibility index (Phi) is 4.31. The summed E-state index contributed by atoms with van der Waals surface area (Å²) in [5, 5.41) is 4.54. The summed E-state index contributed by atoms with van der Waals surface area (Å²) in [6.45, 7) is 0.338. The van der Waals surface area contributed by atoms with Crippen molar-refractivity contribution in [2.75, 3.05) is 33.7 Å². The van der Waals surface area contributed by atoms with Gasteiger partial charge in [-0.15, -0.1) is 0 Å². The lowest BCUT2D eigenvalue weighted by Gasteiger charge is -2.21. The molecular weight excluding hydrogens is 306 g/mol. The highest BCUT2D eigenvalue weighted by Gasteiger charge is 2.47. The number of anilines is 1. The van der Waals surface area contributed by atoms with E-state index in [1.807, 2.05) is 0 Å². The van der Waals surface area contributed by atoms with Gasteiger partial charge in [-0.3, -0.25) is 9.78 Å². The highest BCUT2D eigenvalue weighted by molar-refractivity contribution is 5.74. The largest absolute Gasteiger partial charge is 0.382 e. The van der Waals surface area contributed by atoms with Gasteiger partial charge in [-0.25, -0.2) is 4.68 Å². The topological polar surface area (TPSA) is 127 Å². The lowest BCUT2D eigenvalue weighted by molar-refractivity contribution is -0.0688. The van der Waals surface area contributed by atoms with Crippen molar-refractivity contribution in [1.82, 2.24) is 19.7 Å². The van der Waals surface area contributed by atoms with Crippen molar-refractivity contribution in [2.45, 2.75) is 24.5 Å². The molecule has 0 bridgehead atoms. The first-order chi connectivity index (χ1) is 11.1. The van der Waals surface area contributed by atoms with Gasteiger partial charge in [-0.2, -0.15) is 10.1 Å². The molecule has 126 valence electrons. The zero-order valence-electron chi connectivity index (χ0n) is 13.1. The smallest absolute Gasteiger partial charge is 0.263 e. The van der Waals surface area contributed by atoms with Gasteiger partial charge in [0.05, 0.1) is 12.8 Å². The molecule has 2 aromatic rings. The number of nitrogens with one attached hydrogen (secondary N) is 1. The fourth-order valence-corrected chi connectivity index (χ4v) is 2.88. The van der Waals surface area contributed by atoms with Gasteiger partial charge in [-0.05, 0) is 0 Å². The molecule has 23 heavy (non-hydrogen) atoms. The standard InChI is InChI=1S/C13H19N5O5/c1-20-5-7-8(21-2)9(22-3)12(23-7)18-10-6(4-15-18)11(19)17-13(14)16-10/h4,7-9,12H,5H2,1-3H3,(H3,14,16,17,19)/t7-,8?,9?,12-/m1/s1. The molecule has 3 N–H and O–H groups in total. The van der Waals surface area contributed by atoms with Crippen molar-refractivity contribution >= 4 is 17.0 Å². The average Bonchev–Trinajstić information content (AvgIpc) is 3.08. The van der Waals surface area contributed by atoms with E-state index in [0.717, 1.165) is 0 Å². The van der Waals surface area contributed by atoms with Gasteiger partial charge in [0.2, 0.25) is 5.95 Å². The van der Waals surface area contributed by atoms with Crippen LogP contribution in [0.25, 0.3) is 11.0 Å². The zero-order valence-corrected chi connectivity index (χ0v) is 13.1. The first kappa shape index (κ1) is 15.9. The van der Waals surface area contributed by atoms with E-state index >= 15 is 0 Å². The molecule has 2 unspecified atom stereocenters. The number of hydrogen-bond acceptors (Lipinski definition) is 8. The molecule has 10 nitrogen and oxygen atoms in total. The molecular formula is C13H19N5O5. The summed E-state index contributed by atoms with van der Waals surface area (Å²) in [6, 6.07) is 0. The molecule has 0 saturated carbocycles. The molecule has 1 saturated heterocycles. The summed E-state index contributed by atoms with van der Waals surface area (Å²) in [6.07, 6.45) is -0.314. The summed E-state index contributed by atoms with van der Waals surface area (Å²) >= 11 is 0. The van der Waals surface area contributed by atoms with Crippen LogP contribution in [0.15, 0.2) is 11.0 Å². The number of ether oxygens (including phenoxy) is 4. The highest BCUT2D eigenvalue weighted by Crippen LogP contribution is 2.34. The van der Waals surface area contributed by atoms with Crippen molar-refractivity contribution < 1.29 is 18.9 Å². The van der Waals surface area contributed by atoms with Gasteiger partial charge in [0.15, 0.2) is 11.9 Å². The second-order valence-corrected chi connectivity index (χ2v) is 5.20. The van der Waals surface area contributed by atoms with Crippen LogP contribution in [-0.4, -0.2) is 66.0 Å². The Hall–Kier alpha value is -2.01. The van der Waals surface area contributed by atoms with Gasteiger partial charge >= 0.3 is 0 Å². The van der Waals surface area contributed by atoms with Gasteiger partial charge in [-0.1, -0.05) is 0 Å². The number of aromatic amines is 1. The van der Waals surface area contributed by atoms with Crippen molar-refractivity contribution in [3.8, 4) is 0 Å². The van der Waals surface area contributed by atoms with E-state index in [2.05, 4.69) is 15.1 Å². The normalized spacial score (nSPS) is 27.8. The second kappa shape index (κ2) is 6.24. The number of hydrogen-bond donors (Lipinski definition) is 2. The highest BCUT2D eigenvalue weighted by atomic mass is 16.6. The Morgan fingerprint density at radius 3 is 2.74 bits per heavy atom. The number of nitrogens with zero attached hydrogens (tertiary/aromatic N) is 3. The number of nitrogen functional groups attached to an aromatic ring is 1. The Labute approximate surface area is 131 Å². The first-order valence-corrected chi connectivity index (χ1v) is 7.03. The quantitative estimate of drug-likeness (QED) is 0.737. The second-order valence-electron chi connectivity index (χ2n) is 5.20.